The quantitative estimate of drug-likeness (QED) is 0.187. The molecule has 1 aliphatic heterocycles. The third-order valence-corrected chi connectivity index (χ3v) is 11.7. The van der Waals surface area contributed by atoms with E-state index < -0.39 is 0 Å². The van der Waals surface area contributed by atoms with Crippen LogP contribution in [0.15, 0.2) is 158 Å². The zero-order chi connectivity index (χ0) is 34.6. The van der Waals surface area contributed by atoms with E-state index in [4.69, 9.17) is 9.97 Å². The second-order valence-corrected chi connectivity index (χ2v) is 15.0. The van der Waals surface area contributed by atoms with Crippen LogP contribution in [0.5, 0.6) is 0 Å². The van der Waals surface area contributed by atoms with Crippen LogP contribution in [0, 0.1) is 0 Å². The summed E-state index contributed by atoms with van der Waals surface area (Å²) < 4.78 is 2.40. The Hall–Kier alpha value is -6.26. The maximum Gasteiger partial charge on any atom is 0.156 e. The van der Waals surface area contributed by atoms with Crippen molar-refractivity contribution in [2.75, 3.05) is 4.90 Å². The number of anilines is 2. The average molecular weight is 669 g/mol. The highest BCUT2D eigenvalue weighted by atomic mass is 15.3. The van der Waals surface area contributed by atoms with Crippen molar-refractivity contribution in [1.29, 1.82) is 0 Å². The van der Waals surface area contributed by atoms with Gasteiger partial charge in [-0.05, 0) is 63.9 Å². The van der Waals surface area contributed by atoms with Gasteiger partial charge in [0, 0.05) is 45.5 Å². The lowest BCUT2D eigenvalue weighted by Crippen LogP contribution is -2.31. The molecule has 52 heavy (non-hydrogen) atoms. The smallest absolute Gasteiger partial charge is 0.156 e. The third kappa shape index (κ3) is 4.15. The largest absolute Gasteiger partial charge is 0.317 e. The van der Waals surface area contributed by atoms with Gasteiger partial charge < -0.3 is 9.47 Å². The summed E-state index contributed by atoms with van der Waals surface area (Å²) in [6.45, 7) is 4.59. The second kappa shape index (κ2) is 10.9. The SMILES string of the molecule is CC1(C)c2ccccc2-c2nc(N3c4cc5ccccc5cc4C4C=CC=CC43)c(Cc3ccc4c5ccccc5n(-c5ccccc5)c4c3)nc21. The summed E-state index contributed by atoms with van der Waals surface area (Å²) in [5.74, 6) is 1.17. The van der Waals surface area contributed by atoms with Gasteiger partial charge in [0.2, 0.25) is 0 Å². The fourth-order valence-electron chi connectivity index (χ4n) is 9.20. The van der Waals surface area contributed by atoms with Crippen molar-refractivity contribution in [2.24, 2.45) is 0 Å². The van der Waals surface area contributed by atoms with Crippen molar-refractivity contribution in [3.05, 3.63) is 186 Å². The Bertz CT molecular complexity index is 2820. The minimum absolute atomic E-state index is 0.107. The van der Waals surface area contributed by atoms with Crippen LogP contribution in [0.4, 0.5) is 11.5 Å². The predicted molar refractivity (Wildman–Crippen MR) is 214 cm³/mol. The van der Waals surface area contributed by atoms with Crippen LogP contribution in [-0.2, 0) is 11.8 Å². The van der Waals surface area contributed by atoms with Gasteiger partial charge in [-0.15, -0.1) is 0 Å². The van der Waals surface area contributed by atoms with Crippen molar-refractivity contribution in [3.8, 4) is 16.9 Å². The van der Waals surface area contributed by atoms with Crippen LogP contribution in [0.25, 0.3) is 49.5 Å². The number of benzene rings is 6. The average Bonchev–Trinajstić information content (AvgIpc) is 3.76. The molecule has 0 saturated carbocycles. The zero-order valence-electron chi connectivity index (χ0n) is 29.2. The first-order valence-corrected chi connectivity index (χ1v) is 18.3. The first kappa shape index (κ1) is 29.5. The molecule has 3 heterocycles. The molecule has 11 rings (SSSR count). The lowest BCUT2D eigenvalue weighted by atomic mass is 9.85. The molecule has 3 aliphatic rings. The van der Waals surface area contributed by atoms with Gasteiger partial charge in [-0.2, -0.15) is 0 Å². The van der Waals surface area contributed by atoms with E-state index >= 15 is 0 Å². The molecule has 248 valence electrons. The van der Waals surface area contributed by atoms with Gasteiger partial charge >= 0.3 is 0 Å². The Morgan fingerprint density at radius 1 is 0.654 bits per heavy atom. The molecule has 0 bridgehead atoms. The van der Waals surface area contributed by atoms with Gasteiger partial charge in [-0.3, -0.25) is 4.98 Å². The molecule has 2 aromatic heterocycles. The molecule has 6 aromatic carbocycles. The number of aromatic nitrogens is 3. The van der Waals surface area contributed by atoms with Crippen LogP contribution in [0.1, 0.15) is 47.8 Å². The number of allylic oxidation sites excluding steroid dienone is 2. The minimum Gasteiger partial charge on any atom is -0.317 e. The molecule has 2 aliphatic carbocycles. The molecule has 0 radical (unpaired) electrons. The fraction of sp³-hybridized carbons (Fsp3) is 0.125. The number of nitrogens with zero attached hydrogens (tertiary/aromatic N) is 4. The van der Waals surface area contributed by atoms with Crippen LogP contribution in [-0.4, -0.2) is 20.6 Å². The van der Waals surface area contributed by atoms with Gasteiger partial charge in [0.15, 0.2) is 5.82 Å². The van der Waals surface area contributed by atoms with Crippen LogP contribution < -0.4 is 4.90 Å². The number of rotatable bonds is 4. The van der Waals surface area contributed by atoms with E-state index in [1.54, 1.807) is 0 Å². The van der Waals surface area contributed by atoms with Crippen LogP contribution in [0.3, 0.4) is 0 Å². The number of para-hydroxylation sites is 2. The van der Waals surface area contributed by atoms with Crippen LogP contribution >= 0.6 is 0 Å². The summed E-state index contributed by atoms with van der Waals surface area (Å²) in [5, 5.41) is 5.01. The van der Waals surface area contributed by atoms with E-state index in [1.165, 1.54) is 60.5 Å². The van der Waals surface area contributed by atoms with Crippen LogP contribution in [0.2, 0.25) is 0 Å². The van der Waals surface area contributed by atoms with Crippen molar-refractivity contribution in [1.82, 2.24) is 14.5 Å². The Balaban J connectivity index is 1.14. The van der Waals surface area contributed by atoms with E-state index in [0.717, 1.165) is 28.6 Å². The Morgan fingerprint density at radius 2 is 1.38 bits per heavy atom. The van der Waals surface area contributed by atoms with E-state index in [9.17, 15) is 0 Å². The summed E-state index contributed by atoms with van der Waals surface area (Å²) in [4.78, 5) is 13.9. The van der Waals surface area contributed by atoms with Crippen molar-refractivity contribution < 1.29 is 0 Å². The summed E-state index contributed by atoms with van der Waals surface area (Å²) in [5.41, 5.74) is 12.6. The normalized spacial score (nSPS) is 17.8. The Morgan fingerprint density at radius 3 is 2.27 bits per heavy atom. The molecule has 0 fully saturated rings. The van der Waals surface area contributed by atoms with Crippen molar-refractivity contribution in [3.63, 3.8) is 0 Å². The van der Waals surface area contributed by atoms with Gasteiger partial charge in [-0.1, -0.05) is 135 Å². The summed E-state index contributed by atoms with van der Waals surface area (Å²) in [6, 6.07) is 48.7. The summed E-state index contributed by atoms with van der Waals surface area (Å²) >= 11 is 0. The third-order valence-electron chi connectivity index (χ3n) is 11.7. The monoisotopic (exact) mass is 668 g/mol. The second-order valence-electron chi connectivity index (χ2n) is 15.0. The summed E-state index contributed by atoms with van der Waals surface area (Å²) in [7, 11) is 0. The topological polar surface area (TPSA) is 34.0 Å². The van der Waals surface area contributed by atoms with Gasteiger partial charge in [0.1, 0.15) is 0 Å². The van der Waals surface area contributed by atoms with Gasteiger partial charge in [-0.25, -0.2) is 4.98 Å². The molecule has 0 spiro atoms. The Kier molecular flexibility index (Phi) is 6.16. The van der Waals surface area contributed by atoms with E-state index in [0.29, 0.717) is 6.42 Å². The fourth-order valence-corrected chi connectivity index (χ4v) is 9.20. The lowest BCUT2D eigenvalue weighted by molar-refractivity contribution is 0.629. The minimum atomic E-state index is -0.259. The number of hydrogen-bond donors (Lipinski definition) is 0. The molecule has 4 nitrogen and oxygen atoms in total. The Labute approximate surface area is 303 Å². The molecule has 8 aromatic rings. The van der Waals surface area contributed by atoms with E-state index in [-0.39, 0.29) is 17.4 Å². The molecular formula is C48H36N4. The highest BCUT2D eigenvalue weighted by Crippen LogP contribution is 2.52. The van der Waals surface area contributed by atoms with E-state index in [1.807, 2.05) is 0 Å². The van der Waals surface area contributed by atoms with Crippen molar-refractivity contribution >= 4 is 44.1 Å². The molecule has 0 saturated heterocycles. The first-order valence-electron chi connectivity index (χ1n) is 18.3. The lowest BCUT2D eigenvalue weighted by Gasteiger charge is -2.30. The molecule has 2 unspecified atom stereocenters. The predicted octanol–water partition coefficient (Wildman–Crippen LogP) is 11.4. The molecule has 4 heteroatoms. The molecule has 2 atom stereocenters. The molecule has 0 amide bonds. The standard InChI is InChI=1S/C48H36N4/c1-48(2)39-21-11-8-20-37(39)45-46(48)49-40(26-30-24-25-36-34-18-9-12-22-41(34)51(43(36)27-30)33-16-4-3-5-17-33)47(50-45)52-42-23-13-10-19-35(42)38-28-31-14-6-7-15-32(31)29-44(38)52/h3-25,27-29,35,42H,26H2,1-2H3. The van der Waals surface area contributed by atoms with Crippen molar-refractivity contribution in [2.45, 2.75) is 37.6 Å². The van der Waals surface area contributed by atoms with Gasteiger partial charge in [0.05, 0.1) is 34.2 Å². The maximum atomic E-state index is 5.70. The zero-order valence-corrected chi connectivity index (χ0v) is 29.2. The number of hydrogen-bond acceptors (Lipinski definition) is 3. The highest BCUT2D eigenvalue weighted by molar-refractivity contribution is 6.09. The van der Waals surface area contributed by atoms with E-state index in [2.05, 4.69) is 181 Å². The maximum absolute atomic E-state index is 5.70. The highest BCUT2D eigenvalue weighted by Gasteiger charge is 2.43. The molecular weight excluding hydrogens is 633 g/mol. The first-order chi connectivity index (χ1) is 25.5. The summed E-state index contributed by atoms with van der Waals surface area (Å²) in [6.07, 6.45) is 9.74. The molecule has 0 N–H and O–H groups in total. The van der Waals surface area contributed by atoms with Gasteiger partial charge in [0.25, 0.3) is 0 Å². The number of fused-ring (bicyclic) bond motifs is 10.